The zero-order valence-corrected chi connectivity index (χ0v) is 12.9. The van der Waals surface area contributed by atoms with Gasteiger partial charge in [0.05, 0.1) is 5.92 Å². The number of amides is 2. The van der Waals surface area contributed by atoms with Gasteiger partial charge in [0.25, 0.3) is 0 Å². The van der Waals surface area contributed by atoms with Crippen LogP contribution in [0.2, 0.25) is 0 Å². The first-order valence-corrected chi connectivity index (χ1v) is 7.69. The van der Waals surface area contributed by atoms with Gasteiger partial charge < -0.3 is 15.3 Å². The fraction of sp³-hybridized carbons (Fsp3) is 0.867. The Labute approximate surface area is 121 Å². The van der Waals surface area contributed by atoms with Crippen LogP contribution in [0.15, 0.2) is 0 Å². The molecule has 1 fully saturated rings. The highest BCUT2D eigenvalue weighted by Gasteiger charge is 2.24. The molecule has 0 saturated carbocycles. The molecule has 0 radical (unpaired) electrons. The Balaban J connectivity index is 2.42. The van der Waals surface area contributed by atoms with E-state index in [1.165, 1.54) is 6.42 Å². The second-order valence-corrected chi connectivity index (χ2v) is 6.21. The molecule has 1 heterocycles. The number of carbonyl (C=O) groups is 2. The van der Waals surface area contributed by atoms with Crippen molar-refractivity contribution in [2.75, 3.05) is 19.6 Å². The van der Waals surface area contributed by atoms with Crippen molar-refractivity contribution >= 4 is 12.0 Å². The van der Waals surface area contributed by atoms with E-state index >= 15 is 0 Å². The standard InChI is InChI=1S/C15H28N2O3/c1-4-12-6-5-7-17(10-12)15(20)16-9-13(14(18)19)8-11(2)3/h11-13H,4-10H2,1-3H3,(H,16,20)(H,18,19). The Bertz CT molecular complexity index is 331. The Morgan fingerprint density at radius 3 is 2.65 bits per heavy atom. The van der Waals surface area contributed by atoms with Gasteiger partial charge in [-0.15, -0.1) is 0 Å². The van der Waals surface area contributed by atoms with Gasteiger partial charge in [0, 0.05) is 19.6 Å². The van der Waals surface area contributed by atoms with Crippen LogP contribution < -0.4 is 5.32 Å². The van der Waals surface area contributed by atoms with E-state index in [1.807, 2.05) is 18.7 Å². The van der Waals surface area contributed by atoms with E-state index in [9.17, 15) is 9.59 Å². The number of nitrogens with one attached hydrogen (secondary N) is 1. The predicted molar refractivity (Wildman–Crippen MR) is 78.6 cm³/mol. The van der Waals surface area contributed by atoms with E-state index in [2.05, 4.69) is 12.2 Å². The molecule has 1 aliphatic rings. The third kappa shape index (κ3) is 5.39. The lowest BCUT2D eigenvalue weighted by molar-refractivity contribution is -0.142. The molecule has 0 aromatic heterocycles. The summed E-state index contributed by atoms with van der Waals surface area (Å²) in [6, 6.07) is -0.113. The second-order valence-electron chi connectivity index (χ2n) is 6.21. The summed E-state index contributed by atoms with van der Waals surface area (Å²) in [5, 5.41) is 12.0. The van der Waals surface area contributed by atoms with Crippen LogP contribution >= 0.6 is 0 Å². The minimum atomic E-state index is -0.830. The number of likely N-dealkylation sites (tertiary alicyclic amines) is 1. The molecule has 2 N–H and O–H groups in total. The smallest absolute Gasteiger partial charge is 0.317 e. The second kappa shape index (κ2) is 8.12. The van der Waals surface area contributed by atoms with E-state index in [0.717, 1.165) is 25.9 Å². The van der Waals surface area contributed by atoms with Gasteiger partial charge in [-0.1, -0.05) is 27.2 Å². The monoisotopic (exact) mass is 284 g/mol. The maximum absolute atomic E-state index is 12.1. The SMILES string of the molecule is CCC1CCCN(C(=O)NCC(CC(C)C)C(=O)O)C1. The van der Waals surface area contributed by atoms with Gasteiger partial charge >= 0.3 is 12.0 Å². The molecule has 0 aromatic rings. The molecule has 0 spiro atoms. The summed E-state index contributed by atoms with van der Waals surface area (Å²) in [5.74, 6) is -0.428. The summed E-state index contributed by atoms with van der Waals surface area (Å²) in [6.45, 7) is 7.94. The maximum atomic E-state index is 12.1. The molecule has 5 nitrogen and oxygen atoms in total. The number of aliphatic carboxylic acids is 1. The number of carbonyl (C=O) groups excluding carboxylic acids is 1. The molecule has 2 unspecified atom stereocenters. The molecular weight excluding hydrogens is 256 g/mol. The number of carboxylic acid groups (broad SMARTS) is 1. The molecule has 1 rings (SSSR count). The van der Waals surface area contributed by atoms with Crippen LogP contribution in [0.5, 0.6) is 0 Å². The van der Waals surface area contributed by atoms with Crippen LogP contribution in [-0.2, 0) is 4.79 Å². The Kier molecular flexibility index (Phi) is 6.82. The van der Waals surface area contributed by atoms with Crippen LogP contribution in [0, 0.1) is 17.8 Å². The molecule has 1 saturated heterocycles. The number of urea groups is 1. The van der Waals surface area contributed by atoms with Crippen molar-refractivity contribution in [3.63, 3.8) is 0 Å². The summed E-state index contributed by atoms with van der Waals surface area (Å²) in [6.07, 6.45) is 3.91. The normalized spacial score (nSPS) is 20.8. The average Bonchev–Trinajstić information content (AvgIpc) is 2.42. The van der Waals surface area contributed by atoms with Crippen molar-refractivity contribution in [3.8, 4) is 0 Å². The zero-order chi connectivity index (χ0) is 15.1. The molecule has 20 heavy (non-hydrogen) atoms. The first-order chi connectivity index (χ1) is 9.43. The number of carboxylic acids is 1. The lowest BCUT2D eigenvalue weighted by atomic mass is 9.96. The fourth-order valence-electron chi connectivity index (χ4n) is 2.75. The highest BCUT2D eigenvalue weighted by atomic mass is 16.4. The summed E-state index contributed by atoms with van der Waals surface area (Å²) in [4.78, 5) is 25.1. The topological polar surface area (TPSA) is 69.6 Å². The molecule has 2 amide bonds. The van der Waals surface area contributed by atoms with Gasteiger partial charge in [-0.2, -0.15) is 0 Å². The summed E-state index contributed by atoms with van der Waals surface area (Å²) >= 11 is 0. The lowest BCUT2D eigenvalue weighted by Crippen LogP contribution is -2.47. The summed E-state index contributed by atoms with van der Waals surface area (Å²) in [7, 11) is 0. The van der Waals surface area contributed by atoms with Crippen molar-refractivity contribution in [3.05, 3.63) is 0 Å². The quantitative estimate of drug-likeness (QED) is 0.787. The maximum Gasteiger partial charge on any atom is 0.317 e. The first kappa shape index (κ1) is 16.8. The first-order valence-electron chi connectivity index (χ1n) is 7.69. The number of piperidine rings is 1. The average molecular weight is 284 g/mol. The van der Waals surface area contributed by atoms with Crippen LogP contribution in [0.1, 0.15) is 46.5 Å². The molecular formula is C15H28N2O3. The van der Waals surface area contributed by atoms with Crippen molar-refractivity contribution in [1.82, 2.24) is 10.2 Å². The van der Waals surface area contributed by atoms with E-state index in [4.69, 9.17) is 5.11 Å². The molecule has 116 valence electrons. The zero-order valence-electron chi connectivity index (χ0n) is 12.9. The summed E-state index contributed by atoms with van der Waals surface area (Å²) in [5.41, 5.74) is 0. The highest BCUT2D eigenvalue weighted by molar-refractivity contribution is 5.76. The lowest BCUT2D eigenvalue weighted by Gasteiger charge is -2.32. The number of hydrogen-bond donors (Lipinski definition) is 2. The van der Waals surface area contributed by atoms with E-state index < -0.39 is 11.9 Å². The van der Waals surface area contributed by atoms with Crippen molar-refractivity contribution < 1.29 is 14.7 Å². The molecule has 0 aliphatic carbocycles. The Morgan fingerprint density at radius 2 is 2.10 bits per heavy atom. The summed E-state index contributed by atoms with van der Waals surface area (Å²) < 4.78 is 0. The Hall–Kier alpha value is -1.26. The Morgan fingerprint density at radius 1 is 1.40 bits per heavy atom. The highest BCUT2D eigenvalue weighted by Crippen LogP contribution is 2.19. The van der Waals surface area contributed by atoms with Gasteiger partial charge in [-0.3, -0.25) is 4.79 Å². The molecule has 2 atom stereocenters. The van der Waals surface area contributed by atoms with Gasteiger partial charge in [0.2, 0.25) is 0 Å². The third-order valence-electron chi connectivity index (χ3n) is 3.99. The van der Waals surface area contributed by atoms with Gasteiger partial charge in [-0.05, 0) is 31.1 Å². The van der Waals surface area contributed by atoms with E-state index in [1.54, 1.807) is 0 Å². The van der Waals surface area contributed by atoms with Crippen molar-refractivity contribution in [1.29, 1.82) is 0 Å². The van der Waals surface area contributed by atoms with E-state index in [0.29, 0.717) is 18.3 Å². The van der Waals surface area contributed by atoms with Crippen LogP contribution in [0.25, 0.3) is 0 Å². The van der Waals surface area contributed by atoms with Crippen molar-refractivity contribution in [2.24, 2.45) is 17.8 Å². The molecule has 5 heteroatoms. The van der Waals surface area contributed by atoms with Crippen molar-refractivity contribution in [2.45, 2.75) is 46.5 Å². The minimum Gasteiger partial charge on any atom is -0.481 e. The van der Waals surface area contributed by atoms with Crippen LogP contribution in [0.3, 0.4) is 0 Å². The number of nitrogens with zero attached hydrogens (tertiary/aromatic N) is 1. The number of hydrogen-bond acceptors (Lipinski definition) is 2. The van der Waals surface area contributed by atoms with Crippen LogP contribution in [-0.4, -0.2) is 41.6 Å². The van der Waals surface area contributed by atoms with Gasteiger partial charge in [-0.25, -0.2) is 4.79 Å². The number of rotatable bonds is 6. The largest absolute Gasteiger partial charge is 0.481 e. The van der Waals surface area contributed by atoms with Gasteiger partial charge in [0.15, 0.2) is 0 Å². The third-order valence-corrected chi connectivity index (χ3v) is 3.99. The van der Waals surface area contributed by atoms with Crippen LogP contribution in [0.4, 0.5) is 4.79 Å². The molecule has 1 aliphatic heterocycles. The van der Waals surface area contributed by atoms with Gasteiger partial charge in [0.1, 0.15) is 0 Å². The molecule has 0 aromatic carbocycles. The predicted octanol–water partition coefficient (Wildman–Crippen LogP) is 2.56. The minimum absolute atomic E-state index is 0.113. The fourth-order valence-corrected chi connectivity index (χ4v) is 2.75. The molecule has 0 bridgehead atoms. The van der Waals surface area contributed by atoms with E-state index in [-0.39, 0.29) is 12.6 Å².